The number of nitrogens with zero attached hydrogens (tertiary/aromatic N) is 5. The second-order valence-electron chi connectivity index (χ2n) is 6.25. The fourth-order valence-electron chi connectivity index (χ4n) is 3.28. The Hall–Kier alpha value is -2.63. The maximum Gasteiger partial charge on any atom is 0.208 e. The number of hydrogen-bond acceptors (Lipinski definition) is 5. The van der Waals surface area contributed by atoms with E-state index in [9.17, 15) is 0 Å². The summed E-state index contributed by atoms with van der Waals surface area (Å²) in [5.41, 5.74) is 10.3. The first-order valence-electron chi connectivity index (χ1n) is 7.95. The zero-order valence-corrected chi connectivity index (χ0v) is 13.4. The molecule has 0 radical (unpaired) electrons. The molecule has 4 rings (SSSR count). The SMILES string of the molecule is CC(C)n1c(N2CCc3ccccc3C2)nc2c(N)ncnc21. The van der Waals surface area contributed by atoms with Crippen LogP contribution in [0.5, 0.6) is 0 Å². The van der Waals surface area contributed by atoms with E-state index in [0.29, 0.717) is 11.3 Å². The Labute approximate surface area is 135 Å². The molecular formula is C17H20N6. The van der Waals surface area contributed by atoms with Crippen LogP contribution >= 0.6 is 0 Å². The van der Waals surface area contributed by atoms with Crippen molar-refractivity contribution in [2.75, 3.05) is 17.2 Å². The Balaban J connectivity index is 1.83. The lowest BCUT2D eigenvalue weighted by atomic mass is 10.0. The molecule has 3 heterocycles. The van der Waals surface area contributed by atoms with E-state index in [2.05, 4.69) is 57.5 Å². The number of anilines is 2. The number of nitrogens with two attached hydrogens (primary N) is 1. The van der Waals surface area contributed by atoms with Gasteiger partial charge in [-0.15, -0.1) is 0 Å². The lowest BCUT2D eigenvalue weighted by Gasteiger charge is -2.30. The van der Waals surface area contributed by atoms with E-state index >= 15 is 0 Å². The van der Waals surface area contributed by atoms with Gasteiger partial charge in [0.2, 0.25) is 5.95 Å². The van der Waals surface area contributed by atoms with Crippen molar-refractivity contribution in [2.24, 2.45) is 0 Å². The van der Waals surface area contributed by atoms with Crippen LogP contribution in [0.15, 0.2) is 30.6 Å². The van der Waals surface area contributed by atoms with Gasteiger partial charge in [-0.05, 0) is 31.4 Å². The van der Waals surface area contributed by atoms with Gasteiger partial charge in [-0.25, -0.2) is 15.0 Å². The fourth-order valence-corrected chi connectivity index (χ4v) is 3.28. The molecule has 118 valence electrons. The minimum Gasteiger partial charge on any atom is -0.382 e. The van der Waals surface area contributed by atoms with E-state index in [0.717, 1.165) is 31.1 Å². The lowest BCUT2D eigenvalue weighted by molar-refractivity contribution is 0.586. The van der Waals surface area contributed by atoms with Crippen molar-refractivity contribution < 1.29 is 0 Å². The van der Waals surface area contributed by atoms with Crippen molar-refractivity contribution in [1.82, 2.24) is 19.5 Å². The highest BCUT2D eigenvalue weighted by Gasteiger charge is 2.24. The molecule has 0 aliphatic carbocycles. The molecule has 0 bridgehead atoms. The molecule has 0 unspecified atom stereocenters. The molecule has 3 aromatic rings. The van der Waals surface area contributed by atoms with E-state index in [1.165, 1.54) is 17.5 Å². The third-order valence-electron chi connectivity index (χ3n) is 4.42. The number of nitrogen functional groups attached to an aromatic ring is 1. The molecule has 6 nitrogen and oxygen atoms in total. The average Bonchev–Trinajstić information content (AvgIpc) is 2.95. The largest absolute Gasteiger partial charge is 0.382 e. The van der Waals surface area contributed by atoms with Crippen molar-refractivity contribution in [2.45, 2.75) is 32.9 Å². The zero-order valence-electron chi connectivity index (χ0n) is 13.4. The van der Waals surface area contributed by atoms with Crippen molar-refractivity contribution >= 4 is 22.9 Å². The van der Waals surface area contributed by atoms with Gasteiger partial charge in [0.05, 0.1) is 0 Å². The summed E-state index contributed by atoms with van der Waals surface area (Å²) < 4.78 is 2.15. The van der Waals surface area contributed by atoms with Crippen LogP contribution in [0.4, 0.5) is 11.8 Å². The summed E-state index contributed by atoms with van der Waals surface area (Å²) in [5.74, 6) is 1.37. The maximum atomic E-state index is 6.00. The Morgan fingerprint density at radius 3 is 2.70 bits per heavy atom. The van der Waals surface area contributed by atoms with Crippen LogP contribution in [-0.4, -0.2) is 26.1 Å². The summed E-state index contributed by atoms with van der Waals surface area (Å²) in [6, 6.07) is 8.85. The van der Waals surface area contributed by atoms with Gasteiger partial charge in [-0.3, -0.25) is 4.57 Å². The van der Waals surface area contributed by atoms with Crippen LogP contribution in [-0.2, 0) is 13.0 Å². The van der Waals surface area contributed by atoms with E-state index in [1.807, 2.05) is 0 Å². The molecule has 0 spiro atoms. The normalized spacial score (nSPS) is 14.5. The number of fused-ring (bicyclic) bond motifs is 2. The molecule has 0 amide bonds. The smallest absolute Gasteiger partial charge is 0.208 e. The first-order chi connectivity index (χ1) is 11.1. The van der Waals surface area contributed by atoms with Crippen LogP contribution in [0.25, 0.3) is 11.2 Å². The van der Waals surface area contributed by atoms with Gasteiger partial charge < -0.3 is 10.6 Å². The second kappa shape index (κ2) is 5.22. The molecule has 1 aliphatic rings. The minimum absolute atomic E-state index is 0.251. The van der Waals surface area contributed by atoms with E-state index in [-0.39, 0.29) is 6.04 Å². The van der Waals surface area contributed by atoms with Gasteiger partial charge in [0.15, 0.2) is 17.0 Å². The first kappa shape index (κ1) is 14.0. The maximum absolute atomic E-state index is 6.00. The van der Waals surface area contributed by atoms with E-state index < -0.39 is 0 Å². The third kappa shape index (κ3) is 2.21. The number of benzene rings is 1. The van der Waals surface area contributed by atoms with Crippen LogP contribution in [0, 0.1) is 0 Å². The Bertz CT molecular complexity index is 867. The predicted octanol–water partition coefficient (Wildman–Crippen LogP) is 2.55. The lowest BCUT2D eigenvalue weighted by Crippen LogP contribution is -2.32. The highest BCUT2D eigenvalue weighted by molar-refractivity contribution is 5.84. The quantitative estimate of drug-likeness (QED) is 0.787. The summed E-state index contributed by atoms with van der Waals surface area (Å²) in [4.78, 5) is 15.6. The summed E-state index contributed by atoms with van der Waals surface area (Å²) in [7, 11) is 0. The van der Waals surface area contributed by atoms with Crippen molar-refractivity contribution in [3.8, 4) is 0 Å². The van der Waals surface area contributed by atoms with Crippen molar-refractivity contribution in [1.29, 1.82) is 0 Å². The van der Waals surface area contributed by atoms with Gasteiger partial charge in [0.25, 0.3) is 0 Å². The fraction of sp³-hybridized carbons (Fsp3) is 0.353. The molecule has 0 saturated heterocycles. The summed E-state index contributed by atoms with van der Waals surface area (Å²) in [5, 5.41) is 0. The Kier molecular flexibility index (Phi) is 3.18. The number of hydrogen-bond donors (Lipinski definition) is 1. The summed E-state index contributed by atoms with van der Waals surface area (Å²) in [6.07, 6.45) is 2.53. The average molecular weight is 308 g/mol. The molecule has 6 heteroatoms. The van der Waals surface area contributed by atoms with Gasteiger partial charge in [0, 0.05) is 19.1 Å². The molecule has 2 aromatic heterocycles. The molecule has 1 aromatic carbocycles. The highest BCUT2D eigenvalue weighted by Crippen LogP contribution is 2.30. The topological polar surface area (TPSA) is 72.9 Å². The van der Waals surface area contributed by atoms with Crippen LogP contribution in [0.1, 0.15) is 31.0 Å². The number of rotatable bonds is 2. The molecule has 0 fully saturated rings. The van der Waals surface area contributed by atoms with Gasteiger partial charge in [0.1, 0.15) is 6.33 Å². The van der Waals surface area contributed by atoms with Crippen LogP contribution in [0.2, 0.25) is 0 Å². The molecule has 0 saturated carbocycles. The summed E-state index contributed by atoms with van der Waals surface area (Å²) >= 11 is 0. The third-order valence-corrected chi connectivity index (χ3v) is 4.42. The first-order valence-corrected chi connectivity index (χ1v) is 7.95. The Morgan fingerprint density at radius 2 is 1.91 bits per heavy atom. The van der Waals surface area contributed by atoms with Crippen LogP contribution in [0.3, 0.4) is 0 Å². The number of aromatic nitrogens is 4. The van der Waals surface area contributed by atoms with E-state index in [4.69, 9.17) is 10.7 Å². The molecule has 23 heavy (non-hydrogen) atoms. The molecule has 1 aliphatic heterocycles. The zero-order chi connectivity index (χ0) is 16.0. The van der Waals surface area contributed by atoms with Crippen LogP contribution < -0.4 is 10.6 Å². The standard InChI is InChI=1S/C17H20N6/c1-11(2)23-16-14(15(18)19-10-20-16)21-17(23)22-8-7-12-5-3-4-6-13(12)9-22/h3-6,10-11H,7-9H2,1-2H3,(H2,18,19,20). The second-order valence-corrected chi connectivity index (χ2v) is 6.25. The predicted molar refractivity (Wildman–Crippen MR) is 91.3 cm³/mol. The number of imidazole rings is 1. The van der Waals surface area contributed by atoms with E-state index in [1.54, 1.807) is 0 Å². The monoisotopic (exact) mass is 308 g/mol. The van der Waals surface area contributed by atoms with Crippen molar-refractivity contribution in [3.63, 3.8) is 0 Å². The Morgan fingerprint density at radius 1 is 1.13 bits per heavy atom. The van der Waals surface area contributed by atoms with Crippen molar-refractivity contribution in [3.05, 3.63) is 41.7 Å². The highest BCUT2D eigenvalue weighted by atomic mass is 15.3. The van der Waals surface area contributed by atoms with Gasteiger partial charge in [-0.1, -0.05) is 24.3 Å². The molecule has 0 atom stereocenters. The summed E-state index contributed by atoms with van der Waals surface area (Å²) in [6.45, 7) is 6.08. The van der Waals surface area contributed by atoms with Gasteiger partial charge in [-0.2, -0.15) is 0 Å². The molecular weight excluding hydrogens is 288 g/mol. The minimum atomic E-state index is 0.251. The molecule has 2 N–H and O–H groups in total. The van der Waals surface area contributed by atoms with Gasteiger partial charge >= 0.3 is 0 Å².